The van der Waals surface area contributed by atoms with Gasteiger partial charge in [0.1, 0.15) is 5.52 Å². The molecule has 0 saturated carbocycles. The smallest absolute Gasteiger partial charge is 0.231 e. The summed E-state index contributed by atoms with van der Waals surface area (Å²) in [6, 6.07) is 0.308. The Balaban J connectivity index is 1.97. The van der Waals surface area contributed by atoms with Crippen molar-refractivity contribution >= 4 is 28.6 Å². The predicted molar refractivity (Wildman–Crippen MR) is 81.9 cm³/mol. The lowest BCUT2D eigenvalue weighted by Gasteiger charge is -2.06. The van der Waals surface area contributed by atoms with Gasteiger partial charge in [0.25, 0.3) is 0 Å². The maximum atomic E-state index is 4.46. The van der Waals surface area contributed by atoms with E-state index in [0.717, 1.165) is 16.9 Å². The highest BCUT2D eigenvalue weighted by Crippen LogP contribution is 2.22. The first kappa shape index (κ1) is 13.3. The standard InChI is InChI=1S/C13H18N8/c1-7(2)21-5-9(8(3)20-21)17-13-18-11(14-4)10-12(19-13)16-6-15-10/h5-7H,1-4H3,(H3,14,15,16,17,18,19). The Labute approximate surface area is 122 Å². The first-order valence-electron chi connectivity index (χ1n) is 6.80. The molecular formula is C13H18N8. The summed E-state index contributed by atoms with van der Waals surface area (Å²) in [6.45, 7) is 6.12. The molecule has 0 aliphatic carbocycles. The Kier molecular flexibility index (Phi) is 3.20. The second kappa shape index (κ2) is 5.04. The van der Waals surface area contributed by atoms with Crippen LogP contribution >= 0.6 is 0 Å². The van der Waals surface area contributed by atoms with Gasteiger partial charge in [0.2, 0.25) is 5.95 Å². The molecule has 0 saturated heterocycles. The molecule has 0 fully saturated rings. The third-order valence-corrected chi connectivity index (χ3v) is 3.21. The Morgan fingerprint density at radius 2 is 2.10 bits per heavy atom. The van der Waals surface area contributed by atoms with Crippen molar-refractivity contribution in [2.45, 2.75) is 26.8 Å². The second-order valence-corrected chi connectivity index (χ2v) is 5.07. The number of anilines is 3. The molecule has 3 rings (SSSR count). The van der Waals surface area contributed by atoms with E-state index in [1.807, 2.05) is 24.9 Å². The number of nitrogens with zero attached hydrogens (tertiary/aromatic N) is 5. The zero-order valence-electron chi connectivity index (χ0n) is 12.5. The van der Waals surface area contributed by atoms with E-state index in [2.05, 4.69) is 49.5 Å². The van der Waals surface area contributed by atoms with Gasteiger partial charge in [-0.05, 0) is 20.8 Å². The fourth-order valence-electron chi connectivity index (χ4n) is 2.06. The first-order valence-corrected chi connectivity index (χ1v) is 6.80. The van der Waals surface area contributed by atoms with Gasteiger partial charge < -0.3 is 15.6 Å². The van der Waals surface area contributed by atoms with Crippen molar-refractivity contribution < 1.29 is 0 Å². The number of hydrogen-bond acceptors (Lipinski definition) is 6. The van der Waals surface area contributed by atoms with E-state index in [0.29, 0.717) is 23.5 Å². The summed E-state index contributed by atoms with van der Waals surface area (Å²) in [5.41, 5.74) is 3.20. The molecule has 8 nitrogen and oxygen atoms in total. The van der Waals surface area contributed by atoms with Gasteiger partial charge >= 0.3 is 0 Å². The Morgan fingerprint density at radius 3 is 2.76 bits per heavy atom. The van der Waals surface area contributed by atoms with Crippen LogP contribution in [0.15, 0.2) is 12.5 Å². The van der Waals surface area contributed by atoms with Crippen molar-refractivity contribution in [1.82, 2.24) is 29.7 Å². The molecule has 3 heterocycles. The van der Waals surface area contributed by atoms with E-state index >= 15 is 0 Å². The number of imidazole rings is 1. The predicted octanol–water partition coefficient (Wildman–Crippen LogP) is 2.22. The van der Waals surface area contributed by atoms with E-state index < -0.39 is 0 Å². The molecule has 3 N–H and O–H groups in total. The SMILES string of the molecule is CNc1nc(Nc2cn(C(C)C)nc2C)nc2[nH]cnc12. The van der Waals surface area contributed by atoms with Gasteiger partial charge in [-0.15, -0.1) is 0 Å². The van der Waals surface area contributed by atoms with E-state index in [-0.39, 0.29) is 0 Å². The molecule has 0 spiro atoms. The van der Waals surface area contributed by atoms with Crippen LogP contribution in [0.25, 0.3) is 11.2 Å². The minimum Gasteiger partial charge on any atom is -0.371 e. The highest BCUT2D eigenvalue weighted by atomic mass is 15.3. The van der Waals surface area contributed by atoms with Crippen LogP contribution in [0.3, 0.4) is 0 Å². The average Bonchev–Trinajstić information content (AvgIpc) is 3.05. The molecule has 0 aromatic carbocycles. The molecule has 0 unspecified atom stereocenters. The Hall–Kier alpha value is -2.64. The van der Waals surface area contributed by atoms with Crippen molar-refractivity contribution in [2.24, 2.45) is 0 Å². The number of hydrogen-bond donors (Lipinski definition) is 3. The summed E-state index contributed by atoms with van der Waals surface area (Å²) in [7, 11) is 1.81. The molecule has 21 heavy (non-hydrogen) atoms. The largest absolute Gasteiger partial charge is 0.371 e. The van der Waals surface area contributed by atoms with Gasteiger partial charge in [0.15, 0.2) is 11.5 Å². The summed E-state index contributed by atoms with van der Waals surface area (Å²) in [5, 5.41) is 10.7. The normalized spacial score (nSPS) is 11.3. The van der Waals surface area contributed by atoms with E-state index in [1.54, 1.807) is 6.33 Å². The van der Waals surface area contributed by atoms with E-state index in [4.69, 9.17) is 0 Å². The van der Waals surface area contributed by atoms with Crippen molar-refractivity contribution in [2.75, 3.05) is 17.7 Å². The third-order valence-electron chi connectivity index (χ3n) is 3.21. The lowest BCUT2D eigenvalue weighted by molar-refractivity contribution is 0.529. The molecule has 0 aliphatic heterocycles. The topological polar surface area (TPSA) is 96.3 Å². The Morgan fingerprint density at radius 1 is 1.29 bits per heavy atom. The van der Waals surface area contributed by atoms with Crippen LogP contribution in [0.4, 0.5) is 17.5 Å². The van der Waals surface area contributed by atoms with Crippen molar-refractivity contribution in [3.8, 4) is 0 Å². The quantitative estimate of drug-likeness (QED) is 0.680. The zero-order chi connectivity index (χ0) is 15.0. The fraction of sp³-hybridized carbons (Fsp3) is 0.385. The van der Waals surface area contributed by atoms with E-state index in [1.165, 1.54) is 0 Å². The summed E-state index contributed by atoms with van der Waals surface area (Å²) in [5.74, 6) is 1.18. The van der Waals surface area contributed by atoms with Gasteiger partial charge in [-0.2, -0.15) is 15.1 Å². The molecule has 0 aliphatic rings. The number of aryl methyl sites for hydroxylation is 1. The molecule has 0 bridgehead atoms. The van der Waals surface area contributed by atoms with Crippen LogP contribution in [-0.2, 0) is 0 Å². The second-order valence-electron chi connectivity index (χ2n) is 5.07. The lowest BCUT2D eigenvalue weighted by atomic mass is 10.4. The zero-order valence-corrected chi connectivity index (χ0v) is 12.5. The lowest BCUT2D eigenvalue weighted by Crippen LogP contribution is -2.02. The fourth-order valence-corrected chi connectivity index (χ4v) is 2.06. The summed E-state index contributed by atoms with van der Waals surface area (Å²) in [6.07, 6.45) is 3.56. The molecular weight excluding hydrogens is 268 g/mol. The number of H-pyrrole nitrogens is 1. The summed E-state index contributed by atoms with van der Waals surface area (Å²) in [4.78, 5) is 16.0. The van der Waals surface area contributed by atoms with Gasteiger partial charge in [-0.25, -0.2) is 4.98 Å². The number of aromatic amines is 1. The molecule has 110 valence electrons. The van der Waals surface area contributed by atoms with Gasteiger partial charge in [-0.3, -0.25) is 4.68 Å². The Bertz CT molecular complexity index is 770. The molecule has 0 radical (unpaired) electrons. The van der Waals surface area contributed by atoms with Crippen LogP contribution in [-0.4, -0.2) is 36.8 Å². The number of nitrogens with one attached hydrogen (secondary N) is 3. The number of aromatic nitrogens is 6. The molecule has 3 aromatic rings. The minimum atomic E-state index is 0.308. The van der Waals surface area contributed by atoms with Gasteiger partial charge in [0, 0.05) is 19.3 Å². The van der Waals surface area contributed by atoms with Crippen LogP contribution < -0.4 is 10.6 Å². The van der Waals surface area contributed by atoms with E-state index in [9.17, 15) is 0 Å². The van der Waals surface area contributed by atoms with Crippen LogP contribution in [0.2, 0.25) is 0 Å². The van der Waals surface area contributed by atoms with Crippen molar-refractivity contribution in [3.05, 3.63) is 18.2 Å². The highest BCUT2D eigenvalue weighted by molar-refractivity contribution is 5.84. The third kappa shape index (κ3) is 2.39. The maximum Gasteiger partial charge on any atom is 0.231 e. The van der Waals surface area contributed by atoms with Gasteiger partial charge in [-0.1, -0.05) is 0 Å². The molecule has 0 amide bonds. The average molecular weight is 286 g/mol. The molecule has 3 aromatic heterocycles. The van der Waals surface area contributed by atoms with Crippen LogP contribution in [0, 0.1) is 6.92 Å². The summed E-state index contributed by atoms with van der Waals surface area (Å²) < 4.78 is 1.91. The van der Waals surface area contributed by atoms with Crippen molar-refractivity contribution in [3.63, 3.8) is 0 Å². The molecule has 0 atom stereocenters. The first-order chi connectivity index (χ1) is 10.1. The molecule has 8 heteroatoms. The van der Waals surface area contributed by atoms with Gasteiger partial charge in [0.05, 0.1) is 17.7 Å². The maximum absolute atomic E-state index is 4.46. The van der Waals surface area contributed by atoms with Crippen LogP contribution in [0.1, 0.15) is 25.6 Å². The number of fused-ring (bicyclic) bond motifs is 1. The summed E-state index contributed by atoms with van der Waals surface area (Å²) >= 11 is 0. The van der Waals surface area contributed by atoms with Crippen LogP contribution in [0.5, 0.6) is 0 Å². The minimum absolute atomic E-state index is 0.308. The van der Waals surface area contributed by atoms with Crippen molar-refractivity contribution in [1.29, 1.82) is 0 Å². The highest BCUT2D eigenvalue weighted by Gasteiger charge is 2.12. The monoisotopic (exact) mass is 286 g/mol. The number of rotatable bonds is 4.